The van der Waals surface area contributed by atoms with Crippen LogP contribution in [0.5, 0.6) is 0 Å². The molecule has 1 amide bonds. The van der Waals surface area contributed by atoms with Crippen molar-refractivity contribution in [3.8, 4) is 11.4 Å². The maximum absolute atomic E-state index is 12.4. The summed E-state index contributed by atoms with van der Waals surface area (Å²) in [4.78, 5) is 16.4. The number of carbonyl (C=O) groups is 1. The van der Waals surface area contributed by atoms with E-state index in [0.717, 1.165) is 9.87 Å². The van der Waals surface area contributed by atoms with Gasteiger partial charge in [0.2, 0.25) is 0 Å². The Morgan fingerprint density at radius 2 is 1.73 bits per heavy atom. The number of hydrogen-bond acceptors (Lipinski definition) is 5. The van der Waals surface area contributed by atoms with Gasteiger partial charge in [-0.2, -0.15) is 13.5 Å². The number of amides is 1. The molecule has 2 aromatic carbocycles. The van der Waals surface area contributed by atoms with Crippen molar-refractivity contribution >= 4 is 21.8 Å². The number of anilines is 1. The molecule has 3 aromatic rings. The van der Waals surface area contributed by atoms with Gasteiger partial charge < -0.3 is 0 Å². The number of benzene rings is 2. The maximum atomic E-state index is 12.4. The molecule has 0 spiro atoms. The molecular weight excluding hydrogens is 354 g/mol. The Kier molecular flexibility index (Phi) is 4.72. The van der Waals surface area contributed by atoms with Crippen molar-refractivity contribution in [2.75, 3.05) is 11.4 Å². The van der Waals surface area contributed by atoms with Crippen molar-refractivity contribution in [2.45, 2.75) is 0 Å². The molecule has 0 saturated heterocycles. The van der Waals surface area contributed by atoms with E-state index >= 15 is 0 Å². The molecule has 0 saturated carbocycles. The number of carbonyl (C=O) groups excluding carboxylic acids is 1. The van der Waals surface area contributed by atoms with Crippen molar-refractivity contribution in [3.63, 3.8) is 0 Å². The quantitative estimate of drug-likeness (QED) is 0.735. The standard InChI is InChI=1S/C17H17N5O3S/c1-21-12-18-16(19-21)13-8-10-14(11-9-13)17(23)20-26(24,25)22(2)15-6-4-3-5-7-15/h3-12H,1-2H3,(H,20,23). The monoisotopic (exact) mass is 371 g/mol. The van der Waals surface area contributed by atoms with Crippen molar-refractivity contribution in [2.24, 2.45) is 7.05 Å². The third kappa shape index (κ3) is 3.72. The number of hydrogen-bond donors (Lipinski definition) is 1. The third-order valence-electron chi connectivity index (χ3n) is 3.71. The molecule has 0 unspecified atom stereocenters. The lowest BCUT2D eigenvalue weighted by Gasteiger charge is -2.19. The summed E-state index contributed by atoms with van der Waals surface area (Å²) in [5.41, 5.74) is 1.39. The maximum Gasteiger partial charge on any atom is 0.326 e. The summed E-state index contributed by atoms with van der Waals surface area (Å²) in [6.07, 6.45) is 1.57. The summed E-state index contributed by atoms with van der Waals surface area (Å²) in [5.74, 6) is -0.191. The van der Waals surface area contributed by atoms with E-state index in [9.17, 15) is 13.2 Å². The van der Waals surface area contributed by atoms with Gasteiger partial charge in [-0.05, 0) is 24.3 Å². The Hall–Kier alpha value is -3.20. The van der Waals surface area contributed by atoms with Crippen LogP contribution < -0.4 is 9.03 Å². The van der Waals surface area contributed by atoms with Gasteiger partial charge in [-0.25, -0.2) is 9.71 Å². The van der Waals surface area contributed by atoms with Gasteiger partial charge in [0.25, 0.3) is 5.91 Å². The lowest BCUT2D eigenvalue weighted by Crippen LogP contribution is -2.41. The number of aromatic nitrogens is 3. The summed E-state index contributed by atoms with van der Waals surface area (Å²) in [6, 6.07) is 14.9. The Labute approximate surface area is 151 Å². The fourth-order valence-electron chi connectivity index (χ4n) is 2.26. The van der Waals surface area contributed by atoms with E-state index < -0.39 is 16.1 Å². The molecule has 0 radical (unpaired) electrons. The molecule has 9 heteroatoms. The molecule has 1 heterocycles. The fourth-order valence-corrected chi connectivity index (χ4v) is 3.15. The average Bonchev–Trinajstić information content (AvgIpc) is 3.08. The molecule has 1 aromatic heterocycles. The third-order valence-corrected chi connectivity index (χ3v) is 5.08. The number of rotatable bonds is 5. The molecular formula is C17H17N5O3S. The molecule has 0 aliphatic carbocycles. The highest BCUT2D eigenvalue weighted by Gasteiger charge is 2.21. The summed E-state index contributed by atoms with van der Waals surface area (Å²) >= 11 is 0. The van der Waals surface area contributed by atoms with Crippen LogP contribution in [0.4, 0.5) is 5.69 Å². The van der Waals surface area contributed by atoms with Crippen LogP contribution in [0.25, 0.3) is 11.4 Å². The van der Waals surface area contributed by atoms with Gasteiger partial charge in [-0.1, -0.05) is 30.3 Å². The normalized spacial score (nSPS) is 11.2. The highest BCUT2D eigenvalue weighted by atomic mass is 32.2. The highest BCUT2D eigenvalue weighted by Crippen LogP contribution is 2.17. The first-order valence-electron chi connectivity index (χ1n) is 7.69. The van der Waals surface area contributed by atoms with Crippen molar-refractivity contribution in [1.29, 1.82) is 0 Å². The van der Waals surface area contributed by atoms with E-state index in [1.165, 1.54) is 19.2 Å². The van der Waals surface area contributed by atoms with Gasteiger partial charge in [-0.15, -0.1) is 0 Å². The smallest absolute Gasteiger partial charge is 0.268 e. The van der Waals surface area contributed by atoms with Crippen LogP contribution >= 0.6 is 0 Å². The van der Waals surface area contributed by atoms with Crippen LogP contribution in [0.15, 0.2) is 60.9 Å². The second-order valence-electron chi connectivity index (χ2n) is 5.56. The molecule has 0 bridgehead atoms. The van der Waals surface area contributed by atoms with Crippen LogP contribution in [0.2, 0.25) is 0 Å². The molecule has 8 nitrogen and oxygen atoms in total. The zero-order chi connectivity index (χ0) is 18.7. The molecule has 0 atom stereocenters. The first-order valence-corrected chi connectivity index (χ1v) is 9.13. The molecule has 26 heavy (non-hydrogen) atoms. The van der Waals surface area contributed by atoms with Crippen molar-refractivity contribution < 1.29 is 13.2 Å². The molecule has 134 valence electrons. The van der Waals surface area contributed by atoms with E-state index in [0.29, 0.717) is 11.5 Å². The van der Waals surface area contributed by atoms with Crippen molar-refractivity contribution in [3.05, 3.63) is 66.5 Å². The van der Waals surface area contributed by atoms with Crippen LogP contribution in [-0.2, 0) is 17.3 Å². The molecule has 0 fully saturated rings. The Morgan fingerprint density at radius 3 is 2.31 bits per heavy atom. The molecule has 3 rings (SSSR count). The van der Waals surface area contributed by atoms with Gasteiger partial charge in [0.15, 0.2) is 5.82 Å². The number of aryl methyl sites for hydroxylation is 1. The first kappa shape index (κ1) is 17.6. The minimum Gasteiger partial charge on any atom is -0.268 e. The van der Waals surface area contributed by atoms with E-state index in [-0.39, 0.29) is 5.56 Å². The molecule has 0 aliphatic heterocycles. The summed E-state index contributed by atoms with van der Waals surface area (Å²) in [7, 11) is -0.882. The molecule has 1 N–H and O–H groups in total. The van der Waals surface area contributed by atoms with Gasteiger partial charge in [-0.3, -0.25) is 13.8 Å². The minimum atomic E-state index is -4.01. The highest BCUT2D eigenvalue weighted by molar-refractivity contribution is 7.91. The Balaban J connectivity index is 1.75. The van der Waals surface area contributed by atoms with Crippen LogP contribution in [0, 0.1) is 0 Å². The van der Waals surface area contributed by atoms with Crippen LogP contribution in [0.3, 0.4) is 0 Å². The number of nitrogens with zero attached hydrogens (tertiary/aromatic N) is 4. The number of nitrogens with one attached hydrogen (secondary N) is 1. The first-order chi connectivity index (χ1) is 12.4. The second kappa shape index (κ2) is 6.96. The lowest BCUT2D eigenvalue weighted by atomic mass is 10.1. The zero-order valence-corrected chi connectivity index (χ0v) is 15.0. The Morgan fingerprint density at radius 1 is 1.08 bits per heavy atom. The summed E-state index contributed by atoms with van der Waals surface area (Å²) in [6.45, 7) is 0. The average molecular weight is 371 g/mol. The summed E-state index contributed by atoms with van der Waals surface area (Å²) < 4.78 is 29.4. The van der Waals surface area contributed by atoms with Crippen LogP contribution in [-0.4, -0.2) is 36.1 Å². The largest absolute Gasteiger partial charge is 0.326 e. The lowest BCUT2D eigenvalue weighted by molar-refractivity contribution is 0.0981. The van der Waals surface area contributed by atoms with E-state index in [1.807, 2.05) is 0 Å². The van der Waals surface area contributed by atoms with Gasteiger partial charge in [0.05, 0.1) is 5.69 Å². The van der Waals surface area contributed by atoms with Gasteiger partial charge in [0.1, 0.15) is 6.33 Å². The zero-order valence-electron chi connectivity index (χ0n) is 14.2. The van der Waals surface area contributed by atoms with E-state index in [1.54, 1.807) is 60.5 Å². The number of para-hydroxylation sites is 1. The van der Waals surface area contributed by atoms with Gasteiger partial charge in [0, 0.05) is 25.2 Å². The van der Waals surface area contributed by atoms with Gasteiger partial charge >= 0.3 is 10.2 Å². The Bertz CT molecular complexity index is 1010. The molecule has 0 aliphatic rings. The van der Waals surface area contributed by atoms with E-state index in [2.05, 4.69) is 14.8 Å². The van der Waals surface area contributed by atoms with Crippen molar-refractivity contribution in [1.82, 2.24) is 19.5 Å². The predicted octanol–water partition coefficient (Wildman–Crippen LogP) is 1.59. The predicted molar refractivity (Wildman–Crippen MR) is 97.7 cm³/mol. The summed E-state index contributed by atoms with van der Waals surface area (Å²) in [5, 5.41) is 4.17. The van der Waals surface area contributed by atoms with Crippen LogP contribution in [0.1, 0.15) is 10.4 Å². The minimum absolute atomic E-state index is 0.217. The topological polar surface area (TPSA) is 97.2 Å². The SMILES string of the molecule is CN(c1ccccc1)S(=O)(=O)NC(=O)c1ccc(-c2ncn(C)n2)cc1. The van der Waals surface area contributed by atoms with E-state index in [4.69, 9.17) is 0 Å². The fraction of sp³-hybridized carbons (Fsp3) is 0.118. The second-order valence-corrected chi connectivity index (χ2v) is 7.26.